The summed E-state index contributed by atoms with van der Waals surface area (Å²) in [5.74, 6) is 0. The van der Waals surface area contributed by atoms with E-state index < -0.39 is 0 Å². The lowest BCUT2D eigenvalue weighted by molar-refractivity contribution is 0.794. The van der Waals surface area contributed by atoms with Crippen LogP contribution in [0, 0.1) is 27.7 Å². The van der Waals surface area contributed by atoms with Crippen LogP contribution in [-0.4, -0.2) is 9.55 Å². The molecule has 0 spiro atoms. The summed E-state index contributed by atoms with van der Waals surface area (Å²) >= 11 is 6.09. The maximum atomic E-state index is 6.09. The van der Waals surface area contributed by atoms with E-state index in [0.717, 1.165) is 22.8 Å². The van der Waals surface area contributed by atoms with Gasteiger partial charge in [-0.2, -0.15) is 0 Å². The molecule has 0 radical (unpaired) electrons. The molecule has 2 aromatic heterocycles. The molecule has 2 aromatic carbocycles. The van der Waals surface area contributed by atoms with Gasteiger partial charge in [-0.05, 0) is 62.6 Å². The van der Waals surface area contributed by atoms with E-state index in [1.165, 1.54) is 38.9 Å². The minimum Gasteiger partial charge on any atom is -0.338 e. The number of nitrogens with zero attached hydrogens (tertiary/aromatic N) is 2. The van der Waals surface area contributed by atoms with Crippen molar-refractivity contribution in [1.82, 2.24) is 9.55 Å². The lowest BCUT2D eigenvalue weighted by atomic mass is 10.1. The summed E-state index contributed by atoms with van der Waals surface area (Å²) in [6.07, 6.45) is 1.90. The molecule has 0 bridgehead atoms. The summed E-state index contributed by atoms with van der Waals surface area (Å²) in [4.78, 5) is 4.74. The molecule has 0 unspecified atom stereocenters. The fourth-order valence-corrected chi connectivity index (χ4v) is 3.88. The van der Waals surface area contributed by atoms with E-state index >= 15 is 0 Å². The molecule has 0 atom stereocenters. The van der Waals surface area contributed by atoms with Gasteiger partial charge in [-0.3, -0.25) is 4.98 Å². The summed E-state index contributed by atoms with van der Waals surface area (Å²) in [5.41, 5.74) is 9.84. The van der Waals surface area contributed by atoms with Crippen LogP contribution in [0.1, 0.15) is 27.9 Å². The lowest BCUT2D eigenvalue weighted by Crippen LogP contribution is -2.05. The Hall–Kier alpha value is -2.58. The Balaban J connectivity index is 1.96. The fourth-order valence-electron chi connectivity index (χ4n) is 3.75. The monoisotopic (exact) mass is 374 g/mol. The third-order valence-electron chi connectivity index (χ3n) is 5.50. The van der Waals surface area contributed by atoms with Gasteiger partial charge in [0.2, 0.25) is 0 Å². The van der Waals surface area contributed by atoms with Crippen molar-refractivity contribution in [1.29, 1.82) is 0 Å². The molecule has 0 N–H and O–H groups in total. The van der Waals surface area contributed by atoms with Gasteiger partial charge in [0.05, 0.1) is 11.2 Å². The van der Waals surface area contributed by atoms with E-state index in [0.29, 0.717) is 0 Å². The topological polar surface area (TPSA) is 17.8 Å². The molecule has 2 nitrogen and oxygen atoms in total. The van der Waals surface area contributed by atoms with Crippen molar-refractivity contribution in [2.24, 2.45) is 0 Å². The van der Waals surface area contributed by atoms with Crippen LogP contribution >= 0.6 is 11.6 Å². The van der Waals surface area contributed by atoms with Crippen LogP contribution in [0.4, 0.5) is 0 Å². The van der Waals surface area contributed by atoms with Gasteiger partial charge in [0, 0.05) is 34.4 Å². The molecule has 0 amide bonds. The molecule has 136 valence electrons. The van der Waals surface area contributed by atoms with Crippen molar-refractivity contribution >= 4 is 22.5 Å². The Labute approximate surface area is 165 Å². The van der Waals surface area contributed by atoms with Crippen molar-refractivity contribution in [3.8, 4) is 11.3 Å². The van der Waals surface area contributed by atoms with Crippen LogP contribution < -0.4 is 0 Å². The largest absolute Gasteiger partial charge is 0.338 e. The predicted octanol–water partition coefficient (Wildman–Crippen LogP) is 6.64. The minimum atomic E-state index is 0.740. The van der Waals surface area contributed by atoms with E-state index in [-0.39, 0.29) is 0 Å². The zero-order valence-electron chi connectivity index (χ0n) is 16.2. The Bertz CT molecular complexity index is 1140. The first kappa shape index (κ1) is 17.8. The zero-order chi connectivity index (χ0) is 19.1. The fraction of sp³-hybridized carbons (Fsp3) is 0.208. The summed E-state index contributed by atoms with van der Waals surface area (Å²) in [7, 11) is 0. The Morgan fingerprint density at radius 1 is 0.926 bits per heavy atom. The van der Waals surface area contributed by atoms with Crippen molar-refractivity contribution in [3.05, 3.63) is 87.7 Å². The second-order valence-corrected chi connectivity index (χ2v) is 7.73. The van der Waals surface area contributed by atoms with Gasteiger partial charge in [-0.15, -0.1) is 0 Å². The number of benzene rings is 2. The molecule has 0 saturated carbocycles. The van der Waals surface area contributed by atoms with Crippen LogP contribution in [0.2, 0.25) is 5.02 Å². The third-order valence-corrected chi connectivity index (χ3v) is 5.75. The smallest absolute Gasteiger partial charge is 0.0945 e. The van der Waals surface area contributed by atoms with Crippen LogP contribution in [0.3, 0.4) is 0 Å². The molecule has 2 heterocycles. The number of pyridine rings is 1. The second-order valence-electron chi connectivity index (χ2n) is 7.29. The molecule has 4 rings (SSSR count). The van der Waals surface area contributed by atoms with E-state index in [1.807, 2.05) is 30.5 Å². The zero-order valence-corrected chi connectivity index (χ0v) is 16.9. The van der Waals surface area contributed by atoms with Gasteiger partial charge in [-0.1, -0.05) is 47.5 Å². The summed E-state index contributed by atoms with van der Waals surface area (Å²) in [5, 5.41) is 2.00. The van der Waals surface area contributed by atoms with Crippen molar-refractivity contribution in [2.45, 2.75) is 34.2 Å². The lowest BCUT2D eigenvalue weighted by Gasteiger charge is -2.14. The number of aromatic nitrogens is 2. The van der Waals surface area contributed by atoms with Crippen molar-refractivity contribution < 1.29 is 0 Å². The molecule has 3 heteroatoms. The van der Waals surface area contributed by atoms with E-state index in [4.69, 9.17) is 16.6 Å². The number of halogens is 1. The highest BCUT2D eigenvalue weighted by atomic mass is 35.5. The molecule has 0 aliphatic heterocycles. The summed E-state index contributed by atoms with van der Waals surface area (Å²) in [6.45, 7) is 9.57. The van der Waals surface area contributed by atoms with Gasteiger partial charge >= 0.3 is 0 Å². The normalized spacial score (nSPS) is 11.3. The Morgan fingerprint density at radius 2 is 1.67 bits per heavy atom. The Morgan fingerprint density at radius 3 is 2.41 bits per heavy atom. The molecule has 0 aliphatic carbocycles. The first-order valence-electron chi connectivity index (χ1n) is 9.22. The average Bonchev–Trinajstić information content (AvgIpc) is 2.90. The highest BCUT2D eigenvalue weighted by molar-refractivity contribution is 6.30. The van der Waals surface area contributed by atoms with Gasteiger partial charge in [0.1, 0.15) is 0 Å². The van der Waals surface area contributed by atoms with Gasteiger partial charge in [0.15, 0.2) is 0 Å². The summed E-state index contributed by atoms with van der Waals surface area (Å²) < 4.78 is 2.41. The van der Waals surface area contributed by atoms with Crippen LogP contribution in [0.5, 0.6) is 0 Å². The molecular weight excluding hydrogens is 352 g/mol. The predicted molar refractivity (Wildman–Crippen MR) is 115 cm³/mol. The van der Waals surface area contributed by atoms with Gasteiger partial charge in [-0.25, -0.2) is 0 Å². The maximum absolute atomic E-state index is 6.09. The number of hydrogen-bond acceptors (Lipinski definition) is 1. The molecule has 0 saturated heterocycles. The highest BCUT2D eigenvalue weighted by Gasteiger charge is 2.17. The van der Waals surface area contributed by atoms with Crippen molar-refractivity contribution in [2.75, 3.05) is 0 Å². The summed E-state index contributed by atoms with van der Waals surface area (Å²) in [6, 6.07) is 16.7. The van der Waals surface area contributed by atoms with Crippen LogP contribution in [-0.2, 0) is 6.54 Å². The van der Waals surface area contributed by atoms with E-state index in [9.17, 15) is 0 Å². The van der Waals surface area contributed by atoms with Crippen molar-refractivity contribution in [3.63, 3.8) is 0 Å². The first-order chi connectivity index (χ1) is 13.0. The number of fused-ring (bicyclic) bond motifs is 1. The average molecular weight is 375 g/mol. The number of hydrogen-bond donors (Lipinski definition) is 0. The molecule has 4 aromatic rings. The molecule has 0 aliphatic rings. The van der Waals surface area contributed by atoms with E-state index in [2.05, 4.69) is 56.5 Å². The van der Waals surface area contributed by atoms with Gasteiger partial charge < -0.3 is 4.57 Å². The molecule has 0 fully saturated rings. The van der Waals surface area contributed by atoms with E-state index in [1.54, 1.807) is 0 Å². The van der Waals surface area contributed by atoms with Crippen LogP contribution in [0.15, 0.2) is 54.7 Å². The molecular formula is C24H23ClN2. The number of rotatable bonds is 3. The molecule has 27 heavy (non-hydrogen) atoms. The first-order valence-corrected chi connectivity index (χ1v) is 9.60. The van der Waals surface area contributed by atoms with Crippen LogP contribution in [0.25, 0.3) is 22.2 Å². The maximum Gasteiger partial charge on any atom is 0.0945 e. The SMILES string of the molecule is Cc1ccc(C)c(Cn2c(C)c(C)c3ccnc(-c4ccc(Cl)cc4)c32)c1. The van der Waals surface area contributed by atoms with Gasteiger partial charge in [0.25, 0.3) is 0 Å². The standard InChI is InChI=1S/C24H23ClN2/c1-15-5-6-16(2)20(13-15)14-27-18(4)17(3)22-11-12-26-23(24(22)27)19-7-9-21(25)10-8-19/h5-13H,14H2,1-4H3. The third kappa shape index (κ3) is 3.15. The quantitative estimate of drug-likeness (QED) is 0.393. The Kier molecular flexibility index (Phi) is 4.53. The highest BCUT2D eigenvalue weighted by Crippen LogP contribution is 2.33. The number of aryl methyl sites for hydroxylation is 3. The second kappa shape index (κ2) is 6.86. The minimum absolute atomic E-state index is 0.740.